The summed E-state index contributed by atoms with van der Waals surface area (Å²) in [6.07, 6.45) is 1.40. The summed E-state index contributed by atoms with van der Waals surface area (Å²) in [4.78, 5) is 7.96. The van der Waals surface area contributed by atoms with Crippen LogP contribution in [0.5, 0.6) is 11.6 Å². The highest BCUT2D eigenvalue weighted by Gasteiger charge is 2.07. The number of nitrogens with zero attached hydrogens (tertiary/aromatic N) is 2. The first-order valence-corrected chi connectivity index (χ1v) is 5.58. The maximum Gasteiger partial charge on any atom is 0.224 e. The molecule has 6 heteroatoms. The Morgan fingerprint density at radius 3 is 2.82 bits per heavy atom. The van der Waals surface area contributed by atoms with Gasteiger partial charge in [-0.05, 0) is 12.1 Å². The first kappa shape index (κ1) is 12.0. The molecule has 0 radical (unpaired) electrons. The highest BCUT2D eigenvalue weighted by molar-refractivity contribution is 6.42. The fourth-order valence-corrected chi connectivity index (χ4v) is 1.54. The molecular formula is C11H9Cl2N3O. The number of rotatable bonds is 3. The van der Waals surface area contributed by atoms with E-state index >= 15 is 0 Å². The van der Waals surface area contributed by atoms with E-state index in [0.717, 1.165) is 0 Å². The highest BCUT2D eigenvalue weighted by Crippen LogP contribution is 2.34. The smallest absolute Gasteiger partial charge is 0.224 e. The lowest BCUT2D eigenvalue weighted by atomic mass is 10.3. The lowest BCUT2D eigenvalue weighted by molar-refractivity contribution is 0.462. The number of ether oxygens (including phenoxy) is 1. The third-order valence-corrected chi connectivity index (χ3v) is 2.83. The minimum Gasteiger partial charge on any atom is -0.437 e. The number of anilines is 1. The van der Waals surface area contributed by atoms with Crippen LogP contribution in [0.2, 0.25) is 10.0 Å². The normalized spacial score (nSPS) is 10.1. The lowest BCUT2D eigenvalue weighted by Crippen LogP contribution is -1.95. The molecule has 0 saturated carbocycles. The molecule has 0 unspecified atom stereocenters. The fourth-order valence-electron chi connectivity index (χ4n) is 1.21. The van der Waals surface area contributed by atoms with Crippen molar-refractivity contribution in [3.8, 4) is 11.6 Å². The Morgan fingerprint density at radius 2 is 2.06 bits per heavy atom. The van der Waals surface area contributed by atoms with Crippen LogP contribution < -0.4 is 10.1 Å². The third kappa shape index (κ3) is 2.78. The van der Waals surface area contributed by atoms with Crippen LogP contribution in [0.25, 0.3) is 0 Å². The van der Waals surface area contributed by atoms with E-state index in [0.29, 0.717) is 27.5 Å². The van der Waals surface area contributed by atoms with Gasteiger partial charge in [-0.25, -0.2) is 9.97 Å². The molecule has 4 nitrogen and oxygen atoms in total. The standard InChI is InChI=1S/C11H9Cl2N3O/c1-14-9-5-10(16-6-15-9)17-8-4-2-3-7(12)11(8)13/h2-6H,1H3,(H,14,15,16). The molecule has 17 heavy (non-hydrogen) atoms. The van der Waals surface area contributed by atoms with E-state index in [4.69, 9.17) is 27.9 Å². The maximum atomic E-state index is 6.00. The second-order valence-corrected chi connectivity index (χ2v) is 3.93. The molecule has 0 aliphatic heterocycles. The van der Waals surface area contributed by atoms with Gasteiger partial charge < -0.3 is 10.1 Å². The predicted octanol–water partition coefficient (Wildman–Crippen LogP) is 3.62. The summed E-state index contributed by atoms with van der Waals surface area (Å²) in [7, 11) is 1.76. The highest BCUT2D eigenvalue weighted by atomic mass is 35.5. The van der Waals surface area contributed by atoms with Crippen LogP contribution in [-0.2, 0) is 0 Å². The second kappa shape index (κ2) is 5.21. The third-order valence-electron chi connectivity index (χ3n) is 2.03. The van der Waals surface area contributed by atoms with Gasteiger partial charge in [-0.1, -0.05) is 29.3 Å². The monoisotopic (exact) mass is 269 g/mol. The summed E-state index contributed by atoms with van der Waals surface area (Å²) in [6.45, 7) is 0. The molecule has 88 valence electrons. The zero-order chi connectivity index (χ0) is 12.3. The molecule has 1 heterocycles. The zero-order valence-corrected chi connectivity index (χ0v) is 10.5. The van der Waals surface area contributed by atoms with Crippen LogP contribution in [0, 0.1) is 0 Å². The lowest BCUT2D eigenvalue weighted by Gasteiger charge is -2.07. The van der Waals surface area contributed by atoms with E-state index in [-0.39, 0.29) is 0 Å². The Kier molecular flexibility index (Phi) is 3.66. The molecule has 0 fully saturated rings. The molecule has 0 bridgehead atoms. The van der Waals surface area contributed by atoms with Crippen molar-refractivity contribution in [1.29, 1.82) is 0 Å². The summed E-state index contributed by atoms with van der Waals surface area (Å²) in [5, 5.41) is 3.69. The minimum atomic E-state index is 0.360. The molecule has 1 N–H and O–H groups in total. The van der Waals surface area contributed by atoms with Gasteiger partial charge in [0.1, 0.15) is 22.9 Å². The van der Waals surface area contributed by atoms with Crippen molar-refractivity contribution >= 4 is 29.0 Å². The summed E-state index contributed by atoms with van der Waals surface area (Å²) in [5.41, 5.74) is 0. The van der Waals surface area contributed by atoms with Crippen molar-refractivity contribution in [2.45, 2.75) is 0 Å². The van der Waals surface area contributed by atoms with Crippen molar-refractivity contribution in [3.05, 3.63) is 40.6 Å². The van der Waals surface area contributed by atoms with Gasteiger partial charge in [-0.2, -0.15) is 0 Å². The average Bonchev–Trinajstić information content (AvgIpc) is 2.35. The van der Waals surface area contributed by atoms with Gasteiger partial charge in [0.25, 0.3) is 0 Å². The van der Waals surface area contributed by atoms with E-state index < -0.39 is 0 Å². The van der Waals surface area contributed by atoms with E-state index in [1.807, 2.05) is 0 Å². The van der Waals surface area contributed by atoms with Gasteiger partial charge in [-0.15, -0.1) is 0 Å². The van der Waals surface area contributed by atoms with Crippen molar-refractivity contribution in [3.63, 3.8) is 0 Å². The summed E-state index contributed by atoms with van der Waals surface area (Å²) in [6, 6.07) is 6.83. The Balaban J connectivity index is 2.28. The van der Waals surface area contributed by atoms with Crippen LogP contribution in [-0.4, -0.2) is 17.0 Å². The predicted molar refractivity (Wildman–Crippen MR) is 68.1 cm³/mol. The topological polar surface area (TPSA) is 47.0 Å². The minimum absolute atomic E-state index is 0.360. The Bertz CT molecular complexity index is 534. The van der Waals surface area contributed by atoms with Crippen LogP contribution in [0.4, 0.5) is 5.82 Å². The summed E-state index contributed by atoms with van der Waals surface area (Å²) < 4.78 is 5.52. The summed E-state index contributed by atoms with van der Waals surface area (Å²) >= 11 is 11.9. The fraction of sp³-hybridized carbons (Fsp3) is 0.0909. The largest absolute Gasteiger partial charge is 0.437 e. The number of aromatic nitrogens is 2. The van der Waals surface area contributed by atoms with Crippen LogP contribution >= 0.6 is 23.2 Å². The Morgan fingerprint density at radius 1 is 1.24 bits per heavy atom. The number of halogens is 2. The molecule has 0 aliphatic carbocycles. The van der Waals surface area contributed by atoms with Crippen molar-refractivity contribution in [2.75, 3.05) is 12.4 Å². The Labute approximate surface area is 109 Å². The summed E-state index contributed by atoms with van der Waals surface area (Å²) in [5.74, 6) is 1.52. The molecule has 0 amide bonds. The van der Waals surface area contributed by atoms with E-state index in [2.05, 4.69) is 15.3 Å². The molecule has 1 aromatic carbocycles. The quantitative estimate of drug-likeness (QED) is 0.925. The second-order valence-electron chi connectivity index (χ2n) is 3.15. The number of hydrogen-bond acceptors (Lipinski definition) is 4. The van der Waals surface area contributed by atoms with Crippen molar-refractivity contribution in [1.82, 2.24) is 9.97 Å². The van der Waals surface area contributed by atoms with Crippen molar-refractivity contribution < 1.29 is 4.74 Å². The first-order chi connectivity index (χ1) is 8.20. The van der Waals surface area contributed by atoms with E-state index in [1.54, 1.807) is 31.3 Å². The number of nitrogens with one attached hydrogen (secondary N) is 1. The van der Waals surface area contributed by atoms with Gasteiger partial charge in [0.05, 0.1) is 5.02 Å². The van der Waals surface area contributed by atoms with Crippen LogP contribution in [0.15, 0.2) is 30.6 Å². The van der Waals surface area contributed by atoms with Gasteiger partial charge in [0.2, 0.25) is 5.88 Å². The van der Waals surface area contributed by atoms with Gasteiger partial charge in [0.15, 0.2) is 0 Å². The van der Waals surface area contributed by atoms with Crippen LogP contribution in [0.3, 0.4) is 0 Å². The van der Waals surface area contributed by atoms with Gasteiger partial charge in [-0.3, -0.25) is 0 Å². The first-order valence-electron chi connectivity index (χ1n) is 4.82. The molecule has 0 atom stereocenters. The Hall–Kier alpha value is -1.52. The molecule has 2 aromatic rings. The van der Waals surface area contributed by atoms with E-state index in [9.17, 15) is 0 Å². The molecular weight excluding hydrogens is 261 g/mol. The maximum absolute atomic E-state index is 6.00. The van der Waals surface area contributed by atoms with E-state index in [1.165, 1.54) is 6.33 Å². The number of hydrogen-bond donors (Lipinski definition) is 1. The molecule has 2 rings (SSSR count). The molecule has 0 spiro atoms. The zero-order valence-electron chi connectivity index (χ0n) is 8.95. The SMILES string of the molecule is CNc1cc(Oc2cccc(Cl)c2Cl)ncn1. The van der Waals surface area contributed by atoms with Crippen molar-refractivity contribution in [2.24, 2.45) is 0 Å². The average molecular weight is 270 g/mol. The van der Waals surface area contributed by atoms with Gasteiger partial charge >= 0.3 is 0 Å². The van der Waals surface area contributed by atoms with Gasteiger partial charge in [0, 0.05) is 13.1 Å². The molecule has 1 aromatic heterocycles. The number of benzene rings is 1. The van der Waals surface area contributed by atoms with Crippen LogP contribution in [0.1, 0.15) is 0 Å². The molecule has 0 saturated heterocycles. The molecule has 0 aliphatic rings.